The Bertz CT molecular complexity index is 1680. The third kappa shape index (κ3) is 8.77. The van der Waals surface area contributed by atoms with E-state index in [9.17, 15) is 44.7 Å². The Morgan fingerprint density at radius 3 is 2.20 bits per heavy atom. The fourth-order valence-electron chi connectivity index (χ4n) is 8.72. The van der Waals surface area contributed by atoms with Gasteiger partial charge in [0.25, 0.3) is 0 Å². The van der Waals surface area contributed by atoms with Gasteiger partial charge >= 0.3 is 18.0 Å². The molecule has 0 spiro atoms. The van der Waals surface area contributed by atoms with Gasteiger partial charge in [0.15, 0.2) is 11.9 Å². The Hall–Kier alpha value is -0.777. The van der Waals surface area contributed by atoms with E-state index in [1.54, 1.807) is 45.9 Å². The minimum atomic E-state index is -2.29. The van der Waals surface area contributed by atoms with Crippen molar-refractivity contribution in [3.05, 3.63) is 58.7 Å². The van der Waals surface area contributed by atoms with Crippen molar-refractivity contribution in [1.29, 1.82) is 0 Å². The van der Waals surface area contributed by atoms with Crippen molar-refractivity contribution in [2.45, 2.75) is 122 Å². The van der Waals surface area contributed by atoms with Gasteiger partial charge in [-0.15, -0.1) is 0 Å². The molecular weight excluding hydrogens is 1140 g/mol. The minimum absolute atomic E-state index is 0. The van der Waals surface area contributed by atoms with Crippen LogP contribution >= 0.6 is 0 Å². The van der Waals surface area contributed by atoms with Crippen molar-refractivity contribution in [3.63, 3.8) is 0 Å². The Morgan fingerprint density at radius 2 is 1.65 bits per heavy atom. The van der Waals surface area contributed by atoms with Crippen LogP contribution in [0.5, 0.6) is 0 Å². The second-order valence-electron chi connectivity index (χ2n) is 16.4. The van der Waals surface area contributed by atoms with Crippen molar-refractivity contribution < 1.29 is 152 Å². The third-order valence-electron chi connectivity index (χ3n) is 11.8. The van der Waals surface area contributed by atoms with Gasteiger partial charge < -0.3 is 49.8 Å². The number of ether oxygens (including phenoxy) is 4. The number of aliphatic hydroxyl groups is 5. The van der Waals surface area contributed by atoms with E-state index in [0.29, 0.717) is 5.57 Å². The first kappa shape index (κ1) is 48.6. The quantitative estimate of drug-likeness (QED) is 0.119. The van der Waals surface area contributed by atoms with Crippen molar-refractivity contribution in [1.82, 2.24) is 5.32 Å². The third-order valence-corrected chi connectivity index (χ3v) is 11.8. The summed E-state index contributed by atoms with van der Waals surface area (Å²) < 4.78 is 22.9. The van der Waals surface area contributed by atoms with E-state index in [-0.39, 0.29) is 130 Å². The summed E-state index contributed by atoms with van der Waals surface area (Å²) in [5.41, 5.74) is -6.81. The predicted molar refractivity (Wildman–Crippen MR) is 188 cm³/mol. The van der Waals surface area contributed by atoms with Gasteiger partial charge in [0, 0.05) is 112 Å². The molecule has 1 aromatic carbocycles. The van der Waals surface area contributed by atoms with Crippen LogP contribution in [0.3, 0.4) is 0 Å². The molecule has 298 valence electrons. The van der Waals surface area contributed by atoms with E-state index < -0.39 is 101 Å². The van der Waals surface area contributed by atoms with E-state index >= 15 is 0 Å². The number of rotatable bonds is 9. The molecule has 1 heterocycles. The average Bonchev–Trinajstić information content (AvgIpc) is 3.08. The molecule has 4 aliphatic rings. The number of ketones is 1. The van der Waals surface area contributed by atoms with Crippen LogP contribution < -0.4 is 5.32 Å². The summed E-state index contributed by atoms with van der Waals surface area (Å²) in [4.78, 5) is 54.8. The SMILES string of the molecule is CC(C)=C[C@H](NC(=O)OCC(C)C)[C@@H](O)C(=O)O[C@H]1C[C@@]2(O)[C@@H](OC(=O)c3ccccc3)[C@@H]3[C@]4(O)CO[C@@H]4C[C@H](O)[C@@]3(C)C(=O)[C@H](O)C(=C1C)C2(C)C.[Ac].[Ac]. The van der Waals surface area contributed by atoms with Crippen molar-refractivity contribution in [3.8, 4) is 0 Å². The van der Waals surface area contributed by atoms with E-state index in [1.165, 1.54) is 32.1 Å². The molecule has 0 aromatic heterocycles. The number of alkyl carbamates (subject to hydrolysis) is 1. The van der Waals surface area contributed by atoms with E-state index in [2.05, 4.69) is 5.32 Å². The monoisotopic (exact) mass is 1200 g/mol. The zero-order valence-corrected chi connectivity index (χ0v) is 42.1. The molecule has 3 fully saturated rings. The summed E-state index contributed by atoms with van der Waals surface area (Å²) in [5.74, 6) is -4.48. The number of allylic oxidation sites excluding steroid dienone is 1. The molecular formula is C39H53Ac2NO13. The fourth-order valence-corrected chi connectivity index (χ4v) is 8.72. The molecule has 6 N–H and O–H groups in total. The molecule has 1 aliphatic heterocycles. The Labute approximate surface area is 393 Å². The van der Waals surface area contributed by atoms with Gasteiger partial charge in [0.1, 0.15) is 29.5 Å². The Kier molecular flexibility index (Phi) is 16.1. The normalized spacial score (nSPS) is 34.3. The van der Waals surface area contributed by atoms with Gasteiger partial charge in [-0.3, -0.25) is 4.79 Å². The molecule has 5 rings (SSSR count). The zero-order valence-electron chi connectivity index (χ0n) is 32.6. The van der Waals surface area contributed by atoms with Gasteiger partial charge in [0.05, 0.1) is 42.4 Å². The first-order valence-electron chi connectivity index (χ1n) is 18.0. The average molecular weight is 1200 g/mol. The molecule has 1 aromatic rings. The number of hydrogen-bond acceptors (Lipinski definition) is 13. The molecule has 14 nitrogen and oxygen atoms in total. The maximum absolute atomic E-state index is 14.6. The van der Waals surface area contributed by atoms with Crippen molar-refractivity contribution >= 4 is 23.8 Å². The molecule has 2 bridgehead atoms. The molecule has 11 atom stereocenters. The Morgan fingerprint density at radius 1 is 1.04 bits per heavy atom. The smallest absolute Gasteiger partial charge is 0.407 e. The number of nitrogens with one attached hydrogen (secondary N) is 1. The van der Waals surface area contributed by atoms with Gasteiger partial charge in [-0.2, -0.15) is 0 Å². The van der Waals surface area contributed by atoms with E-state index in [0.717, 1.165) is 0 Å². The van der Waals surface area contributed by atoms with Gasteiger partial charge in [-0.25, -0.2) is 14.4 Å². The number of hydrogen-bond donors (Lipinski definition) is 6. The van der Waals surface area contributed by atoms with Crippen LogP contribution in [0.4, 0.5) is 4.79 Å². The first-order chi connectivity index (χ1) is 24.6. The number of amides is 1. The Balaban J connectivity index is 0.00000406. The number of carbonyl (C=O) groups is 4. The molecule has 1 amide bonds. The summed E-state index contributed by atoms with van der Waals surface area (Å²) in [6.07, 6.45) is -9.63. The summed E-state index contributed by atoms with van der Waals surface area (Å²) in [7, 11) is 0. The van der Waals surface area contributed by atoms with E-state index in [4.69, 9.17) is 18.9 Å². The number of Topliss-reactive ketones (excluding diaryl/α,β-unsaturated/α-hetero) is 1. The zero-order chi connectivity index (χ0) is 39.4. The fraction of sp³-hybridized carbons (Fsp3) is 0.641. The van der Waals surface area contributed by atoms with Crippen LogP contribution in [-0.4, -0.2) is 116 Å². The maximum atomic E-state index is 14.6. The molecule has 1 saturated heterocycles. The van der Waals surface area contributed by atoms with Crippen molar-refractivity contribution in [2.75, 3.05) is 13.2 Å². The van der Waals surface area contributed by atoms with Gasteiger partial charge in [-0.05, 0) is 56.9 Å². The standard InChI is InChI=1S/C39H53NO13.2Ac/c1-19(2)14-23(40-35(47)50-17-20(3)4)28(42)34(46)52-24-16-39(49)32(53-33(45)22-12-10-9-11-13-22)30-37(8,25(41)15-26-38(30,48)18-51-26)31(44)29(43)27(21(24)5)36(39,6)7;;/h9-14,20,23-26,28-30,32,41-43,48-49H,15-18H2,1-8H3,(H,40,47);;/t23-,24-,25-,26+,28+,29+,30-,32-,37+,38-,39+;;/m0../s1. The minimum Gasteiger partial charge on any atom is -0.456 e. The van der Waals surface area contributed by atoms with Gasteiger partial charge in [0.2, 0.25) is 0 Å². The largest absolute Gasteiger partial charge is 0.456 e. The molecule has 55 heavy (non-hydrogen) atoms. The van der Waals surface area contributed by atoms with Crippen LogP contribution in [0.25, 0.3) is 0 Å². The van der Waals surface area contributed by atoms with E-state index in [1.807, 2.05) is 13.8 Å². The predicted octanol–water partition coefficient (Wildman–Crippen LogP) is 2.14. The molecule has 16 heteroatoms. The summed E-state index contributed by atoms with van der Waals surface area (Å²) >= 11 is 0. The number of benzene rings is 1. The summed E-state index contributed by atoms with van der Waals surface area (Å²) in [5, 5.41) is 62.6. The van der Waals surface area contributed by atoms with Crippen LogP contribution in [-0.2, 0) is 28.5 Å². The molecule has 2 radical (unpaired) electrons. The van der Waals surface area contributed by atoms with Crippen LogP contribution in [0.2, 0.25) is 0 Å². The number of carbonyl (C=O) groups excluding carboxylic acids is 4. The van der Waals surface area contributed by atoms with Crippen LogP contribution in [0.15, 0.2) is 53.1 Å². The van der Waals surface area contributed by atoms with Crippen LogP contribution in [0, 0.1) is 111 Å². The summed E-state index contributed by atoms with van der Waals surface area (Å²) in [6.45, 7) is 12.9. The van der Waals surface area contributed by atoms with Crippen molar-refractivity contribution in [2.24, 2.45) is 22.7 Å². The summed E-state index contributed by atoms with van der Waals surface area (Å²) in [6, 6.07) is 6.61. The second kappa shape index (κ2) is 18.2. The first-order valence-corrected chi connectivity index (χ1v) is 18.0. The topological polar surface area (TPSA) is 218 Å². The van der Waals surface area contributed by atoms with Crippen LogP contribution in [0.1, 0.15) is 78.6 Å². The number of fused-ring (bicyclic) bond motifs is 5. The molecule has 2 saturated carbocycles. The maximum Gasteiger partial charge on any atom is 0.407 e. The second-order valence-corrected chi connectivity index (χ2v) is 16.4. The number of esters is 2. The number of aliphatic hydroxyl groups excluding tert-OH is 3. The molecule has 0 unspecified atom stereocenters. The molecule has 3 aliphatic carbocycles. The van der Waals surface area contributed by atoms with Gasteiger partial charge in [-0.1, -0.05) is 57.5 Å².